The normalized spacial score (nSPS) is 14.9. The van der Waals surface area contributed by atoms with E-state index in [1.54, 1.807) is 12.1 Å². The van der Waals surface area contributed by atoms with Crippen LogP contribution in [-0.4, -0.2) is 5.78 Å². The number of hydrogen-bond acceptors (Lipinski definition) is 1. The van der Waals surface area contributed by atoms with Gasteiger partial charge in [-0.05, 0) is 23.6 Å². The van der Waals surface area contributed by atoms with Gasteiger partial charge in [0.05, 0.1) is 0 Å². The third kappa shape index (κ3) is 3.05. The lowest BCUT2D eigenvalue weighted by Gasteiger charge is -2.17. The van der Waals surface area contributed by atoms with Gasteiger partial charge < -0.3 is 0 Å². The molecule has 0 amide bonds. The van der Waals surface area contributed by atoms with Crippen LogP contribution in [0.3, 0.4) is 0 Å². The van der Waals surface area contributed by atoms with Gasteiger partial charge in [-0.2, -0.15) is 0 Å². The number of Topliss-reactive ketones (excluding diaryl/α,β-unsaturated/α-hetero) is 1. The highest BCUT2D eigenvalue weighted by Crippen LogP contribution is 2.27. The maximum Gasteiger partial charge on any atom is 0.158 e. The fourth-order valence-corrected chi connectivity index (χ4v) is 1.70. The van der Waals surface area contributed by atoms with E-state index in [1.165, 1.54) is 12.1 Å². The molecule has 1 rings (SSSR count). The molecule has 3 heteroatoms. The molecule has 2 atom stereocenters. The second-order valence-electron chi connectivity index (χ2n) is 4.35. The van der Waals surface area contributed by atoms with Crippen molar-refractivity contribution in [1.82, 2.24) is 0 Å². The van der Waals surface area contributed by atoms with Crippen LogP contribution in [0, 0.1) is 17.7 Å². The van der Waals surface area contributed by atoms with Crippen molar-refractivity contribution in [3.63, 3.8) is 0 Å². The largest absolute Gasteiger partial charge is 0.297 e. The molecule has 0 aromatic heterocycles. The van der Waals surface area contributed by atoms with Crippen molar-refractivity contribution in [2.24, 2.45) is 11.8 Å². The number of ketones is 1. The van der Waals surface area contributed by atoms with Crippen molar-refractivity contribution in [1.29, 1.82) is 0 Å². The Balaban J connectivity index is 2.82. The van der Waals surface area contributed by atoms with E-state index in [0.717, 1.165) is 0 Å². The van der Waals surface area contributed by atoms with Crippen molar-refractivity contribution in [2.45, 2.75) is 26.1 Å². The van der Waals surface area contributed by atoms with Gasteiger partial charge >= 0.3 is 0 Å². The van der Waals surface area contributed by atoms with Crippen molar-refractivity contribution >= 4 is 17.4 Å². The van der Waals surface area contributed by atoms with E-state index in [2.05, 4.69) is 0 Å². The molecule has 2 unspecified atom stereocenters. The van der Waals surface area contributed by atoms with Crippen molar-refractivity contribution in [2.75, 3.05) is 0 Å². The van der Waals surface area contributed by atoms with Crippen LogP contribution in [0.25, 0.3) is 0 Å². The highest BCUT2D eigenvalue weighted by molar-refractivity contribution is 6.31. The molecule has 0 radical (unpaired) electrons. The molecule has 88 valence electrons. The lowest BCUT2D eigenvalue weighted by atomic mass is 9.90. The average molecular weight is 243 g/mol. The molecule has 1 nitrogen and oxygen atoms in total. The second-order valence-corrected chi connectivity index (χ2v) is 4.79. The van der Waals surface area contributed by atoms with E-state index >= 15 is 0 Å². The number of halogens is 2. The monoisotopic (exact) mass is 242 g/mol. The quantitative estimate of drug-likeness (QED) is 0.731. The lowest BCUT2D eigenvalue weighted by Crippen LogP contribution is -2.20. The third-order valence-electron chi connectivity index (χ3n) is 2.86. The summed E-state index contributed by atoms with van der Waals surface area (Å²) in [5.74, 6) is -0.165. The summed E-state index contributed by atoms with van der Waals surface area (Å²) in [6.07, 6.45) is 0. The molecule has 0 aliphatic heterocycles. The van der Waals surface area contributed by atoms with E-state index in [-0.39, 0.29) is 23.4 Å². The van der Waals surface area contributed by atoms with Crippen LogP contribution in [0.1, 0.15) is 31.7 Å². The van der Waals surface area contributed by atoms with Crippen molar-refractivity contribution < 1.29 is 9.18 Å². The maximum absolute atomic E-state index is 12.7. The number of benzene rings is 1. The highest BCUT2D eigenvalue weighted by Gasteiger charge is 2.25. The Morgan fingerprint density at radius 2 is 1.69 bits per heavy atom. The van der Waals surface area contributed by atoms with Crippen LogP contribution in [0.5, 0.6) is 0 Å². The molecular weight excluding hydrogens is 227 g/mol. The van der Waals surface area contributed by atoms with Crippen LogP contribution >= 0.6 is 11.6 Å². The summed E-state index contributed by atoms with van der Waals surface area (Å²) in [7, 11) is 0. The first-order valence-corrected chi connectivity index (χ1v) is 5.80. The summed E-state index contributed by atoms with van der Waals surface area (Å²) in [5.41, 5.74) is 0.653. The number of carbonyl (C=O) groups is 1. The van der Waals surface area contributed by atoms with E-state index in [9.17, 15) is 9.18 Å². The topological polar surface area (TPSA) is 17.1 Å². The minimum absolute atomic E-state index is 0.0109. The fraction of sp³-hybridized carbons (Fsp3) is 0.462. The molecule has 0 aliphatic rings. The summed E-state index contributed by atoms with van der Waals surface area (Å²) in [6.45, 7) is 5.83. The zero-order valence-corrected chi connectivity index (χ0v) is 10.5. The van der Waals surface area contributed by atoms with Gasteiger partial charge in [0.25, 0.3) is 0 Å². The summed E-state index contributed by atoms with van der Waals surface area (Å²) in [6, 6.07) is 5.74. The van der Waals surface area contributed by atoms with Crippen LogP contribution in [0.4, 0.5) is 4.39 Å². The van der Waals surface area contributed by atoms with E-state index in [4.69, 9.17) is 11.6 Å². The first kappa shape index (κ1) is 13.2. The van der Waals surface area contributed by atoms with Gasteiger partial charge in [0.1, 0.15) is 11.2 Å². The van der Waals surface area contributed by atoms with Gasteiger partial charge in [-0.3, -0.25) is 4.79 Å². The average Bonchev–Trinajstić information content (AvgIpc) is 2.27. The Morgan fingerprint density at radius 3 is 2.12 bits per heavy atom. The van der Waals surface area contributed by atoms with Gasteiger partial charge in [-0.15, -0.1) is 11.6 Å². The van der Waals surface area contributed by atoms with Gasteiger partial charge in [0, 0.05) is 5.92 Å². The predicted molar refractivity (Wildman–Crippen MR) is 64.0 cm³/mol. The Bertz CT molecular complexity index is 359. The van der Waals surface area contributed by atoms with Crippen LogP contribution < -0.4 is 0 Å². The zero-order valence-electron chi connectivity index (χ0n) is 9.71. The van der Waals surface area contributed by atoms with Gasteiger partial charge in [-0.25, -0.2) is 4.39 Å². The van der Waals surface area contributed by atoms with E-state index < -0.39 is 5.38 Å². The molecule has 1 aromatic rings. The number of hydrogen-bond donors (Lipinski definition) is 0. The van der Waals surface area contributed by atoms with Crippen LogP contribution in [0.15, 0.2) is 24.3 Å². The molecule has 0 heterocycles. The highest BCUT2D eigenvalue weighted by atomic mass is 35.5. The number of alkyl halides is 1. The second kappa shape index (κ2) is 5.44. The molecule has 0 spiro atoms. The van der Waals surface area contributed by atoms with Gasteiger partial charge in [-0.1, -0.05) is 32.9 Å². The standard InChI is InChI=1S/C13H16ClFO/c1-8(2)9(3)13(16)12(14)10-4-6-11(15)7-5-10/h4-9,12H,1-3H3. The van der Waals surface area contributed by atoms with Crippen LogP contribution in [0.2, 0.25) is 0 Å². The number of carbonyl (C=O) groups excluding carboxylic acids is 1. The Kier molecular flexibility index (Phi) is 4.48. The molecule has 1 aromatic carbocycles. The first-order chi connectivity index (χ1) is 7.43. The van der Waals surface area contributed by atoms with Gasteiger partial charge in [0.15, 0.2) is 5.78 Å². The molecule has 16 heavy (non-hydrogen) atoms. The molecule has 0 saturated heterocycles. The maximum atomic E-state index is 12.7. The zero-order chi connectivity index (χ0) is 12.3. The summed E-state index contributed by atoms with van der Waals surface area (Å²) >= 11 is 6.08. The molecule has 0 fully saturated rings. The smallest absolute Gasteiger partial charge is 0.158 e. The Hall–Kier alpha value is -0.890. The molecule has 0 saturated carbocycles. The summed E-state index contributed by atoms with van der Waals surface area (Å²) in [4.78, 5) is 11.9. The molecule has 0 aliphatic carbocycles. The van der Waals surface area contributed by atoms with Crippen LogP contribution in [-0.2, 0) is 4.79 Å². The minimum atomic E-state index is -0.682. The minimum Gasteiger partial charge on any atom is -0.297 e. The third-order valence-corrected chi connectivity index (χ3v) is 3.33. The number of rotatable bonds is 4. The fourth-order valence-electron chi connectivity index (χ4n) is 1.36. The van der Waals surface area contributed by atoms with Gasteiger partial charge in [0.2, 0.25) is 0 Å². The summed E-state index contributed by atoms with van der Waals surface area (Å²) < 4.78 is 12.7. The summed E-state index contributed by atoms with van der Waals surface area (Å²) in [5, 5.41) is -0.682. The Labute approximate surface area is 101 Å². The predicted octanol–water partition coefficient (Wildman–Crippen LogP) is 3.97. The lowest BCUT2D eigenvalue weighted by molar-refractivity contribution is -0.123. The molecule has 0 N–H and O–H groups in total. The first-order valence-electron chi connectivity index (χ1n) is 5.36. The van der Waals surface area contributed by atoms with E-state index in [0.29, 0.717) is 5.56 Å². The Morgan fingerprint density at radius 1 is 1.19 bits per heavy atom. The van der Waals surface area contributed by atoms with Crippen molar-refractivity contribution in [3.05, 3.63) is 35.6 Å². The van der Waals surface area contributed by atoms with E-state index in [1.807, 2.05) is 20.8 Å². The molecule has 0 bridgehead atoms. The molecular formula is C13H16ClFO. The van der Waals surface area contributed by atoms with Crippen molar-refractivity contribution in [3.8, 4) is 0 Å². The SMILES string of the molecule is CC(C)C(C)C(=O)C(Cl)c1ccc(F)cc1.